The number of carbonyl (C=O) groups is 2. The third-order valence-corrected chi connectivity index (χ3v) is 4.09. The largest absolute Gasteiger partial charge is 0.497 e. The lowest BCUT2D eigenvalue weighted by Crippen LogP contribution is -2.35. The van der Waals surface area contributed by atoms with E-state index in [-0.39, 0.29) is 31.1 Å². The van der Waals surface area contributed by atoms with Gasteiger partial charge in [0.25, 0.3) is 0 Å². The van der Waals surface area contributed by atoms with Crippen LogP contribution in [0.4, 0.5) is 18.9 Å². The highest BCUT2D eigenvalue weighted by Gasteiger charge is 2.35. The summed E-state index contributed by atoms with van der Waals surface area (Å²) in [5, 5.41) is 2.69. The summed E-state index contributed by atoms with van der Waals surface area (Å²) in [4.78, 5) is 24.9. The van der Waals surface area contributed by atoms with Gasteiger partial charge in [-0.2, -0.15) is 13.2 Å². The van der Waals surface area contributed by atoms with E-state index in [1.165, 1.54) is 25.1 Å². The summed E-state index contributed by atoms with van der Waals surface area (Å²) in [6.07, 6.45) is -4.72. The van der Waals surface area contributed by atoms with Gasteiger partial charge in [-0.25, -0.2) is 0 Å². The molecule has 0 bridgehead atoms. The van der Waals surface area contributed by atoms with Gasteiger partial charge in [-0.1, -0.05) is 24.3 Å². The molecule has 0 atom stereocenters. The number of ether oxygens (including phenoxy) is 1. The first-order valence-electron chi connectivity index (χ1n) is 8.56. The molecule has 0 heterocycles. The number of rotatable bonds is 7. The summed E-state index contributed by atoms with van der Waals surface area (Å²) in [5.41, 5.74) is -0.325. The molecule has 0 radical (unpaired) electrons. The van der Waals surface area contributed by atoms with Crippen molar-refractivity contribution in [2.75, 3.05) is 18.6 Å². The average molecular weight is 394 g/mol. The lowest BCUT2D eigenvalue weighted by atomic mass is 10.1. The van der Waals surface area contributed by atoms with E-state index in [0.717, 1.165) is 16.5 Å². The molecule has 8 heteroatoms. The van der Waals surface area contributed by atoms with Crippen LogP contribution >= 0.6 is 0 Å². The molecule has 2 rings (SSSR count). The Kier molecular flexibility index (Phi) is 7.03. The molecule has 2 aromatic carbocycles. The molecule has 1 N–H and O–H groups in total. The van der Waals surface area contributed by atoms with Crippen LogP contribution in [-0.4, -0.2) is 25.5 Å². The van der Waals surface area contributed by atoms with Gasteiger partial charge in [-0.3, -0.25) is 9.59 Å². The monoisotopic (exact) mass is 394 g/mol. The normalized spacial score (nSPS) is 11.0. The third kappa shape index (κ3) is 5.73. The van der Waals surface area contributed by atoms with Crippen LogP contribution in [0.3, 0.4) is 0 Å². The van der Waals surface area contributed by atoms with Crippen molar-refractivity contribution in [3.63, 3.8) is 0 Å². The zero-order valence-corrected chi connectivity index (χ0v) is 15.5. The molecule has 0 aliphatic rings. The molecule has 150 valence electrons. The maximum atomic E-state index is 13.2. The Morgan fingerprint density at radius 1 is 1.07 bits per heavy atom. The van der Waals surface area contributed by atoms with Crippen molar-refractivity contribution in [1.82, 2.24) is 5.32 Å². The molecule has 0 aliphatic heterocycles. The van der Waals surface area contributed by atoms with Crippen molar-refractivity contribution < 1.29 is 27.5 Å². The van der Waals surface area contributed by atoms with Crippen LogP contribution in [0, 0.1) is 0 Å². The highest BCUT2D eigenvalue weighted by atomic mass is 19.4. The SMILES string of the molecule is COc1ccc(CNC(=O)CCN(C(C)=O)c2ccccc2C(F)(F)F)cc1. The van der Waals surface area contributed by atoms with Crippen LogP contribution in [-0.2, 0) is 22.3 Å². The summed E-state index contributed by atoms with van der Waals surface area (Å²) in [6.45, 7) is 1.28. The Labute approximate surface area is 161 Å². The fourth-order valence-electron chi connectivity index (χ4n) is 2.64. The summed E-state index contributed by atoms with van der Waals surface area (Å²) < 4.78 is 44.7. The smallest absolute Gasteiger partial charge is 0.418 e. The first-order chi connectivity index (χ1) is 13.2. The summed E-state index contributed by atoms with van der Waals surface area (Å²) in [6, 6.07) is 11.9. The molecule has 0 unspecified atom stereocenters. The number of carbonyl (C=O) groups excluding carboxylic acids is 2. The summed E-state index contributed by atoms with van der Waals surface area (Å²) >= 11 is 0. The molecular weight excluding hydrogens is 373 g/mol. The zero-order chi connectivity index (χ0) is 20.7. The minimum absolute atomic E-state index is 0.123. The Morgan fingerprint density at radius 2 is 1.71 bits per heavy atom. The zero-order valence-electron chi connectivity index (χ0n) is 15.5. The quantitative estimate of drug-likeness (QED) is 0.778. The number of nitrogens with one attached hydrogen (secondary N) is 1. The number of nitrogens with zero attached hydrogens (tertiary/aromatic N) is 1. The fraction of sp³-hybridized carbons (Fsp3) is 0.300. The van der Waals surface area contributed by atoms with Gasteiger partial charge in [0.1, 0.15) is 5.75 Å². The summed E-state index contributed by atoms with van der Waals surface area (Å²) in [5.74, 6) is -0.248. The molecule has 2 amide bonds. The second-order valence-corrected chi connectivity index (χ2v) is 6.06. The maximum Gasteiger partial charge on any atom is 0.418 e. The van der Waals surface area contributed by atoms with E-state index in [1.807, 2.05) is 0 Å². The Hall–Kier alpha value is -3.03. The molecule has 0 saturated carbocycles. The van der Waals surface area contributed by atoms with Crippen LogP contribution < -0.4 is 15.0 Å². The first kappa shape index (κ1) is 21.3. The Balaban J connectivity index is 2.00. The maximum absolute atomic E-state index is 13.2. The van der Waals surface area contributed by atoms with E-state index in [9.17, 15) is 22.8 Å². The van der Waals surface area contributed by atoms with Gasteiger partial charge in [0.05, 0.1) is 18.4 Å². The number of hydrogen-bond acceptors (Lipinski definition) is 3. The number of para-hydroxylation sites is 1. The first-order valence-corrected chi connectivity index (χ1v) is 8.56. The van der Waals surface area contributed by atoms with E-state index in [2.05, 4.69) is 5.32 Å². The van der Waals surface area contributed by atoms with E-state index in [1.54, 1.807) is 31.4 Å². The highest BCUT2D eigenvalue weighted by Crippen LogP contribution is 2.36. The molecule has 0 aromatic heterocycles. The van der Waals surface area contributed by atoms with Gasteiger partial charge in [0, 0.05) is 26.4 Å². The van der Waals surface area contributed by atoms with Crippen LogP contribution in [0.2, 0.25) is 0 Å². The van der Waals surface area contributed by atoms with Gasteiger partial charge in [0.15, 0.2) is 0 Å². The van der Waals surface area contributed by atoms with Gasteiger partial charge in [0.2, 0.25) is 11.8 Å². The number of amides is 2. The molecule has 28 heavy (non-hydrogen) atoms. The standard InChI is InChI=1S/C20H21F3N2O3/c1-14(26)25(18-6-4-3-5-17(18)20(21,22)23)12-11-19(27)24-13-15-7-9-16(28-2)10-8-15/h3-10H,11-13H2,1-2H3,(H,24,27). The number of methoxy groups -OCH3 is 1. The van der Waals surface area contributed by atoms with Crippen molar-refractivity contribution in [2.45, 2.75) is 26.1 Å². The number of benzene rings is 2. The number of hydrogen-bond donors (Lipinski definition) is 1. The average Bonchev–Trinajstić information content (AvgIpc) is 2.66. The van der Waals surface area contributed by atoms with Crippen molar-refractivity contribution in [3.05, 3.63) is 59.7 Å². The summed E-state index contributed by atoms with van der Waals surface area (Å²) in [7, 11) is 1.55. The second kappa shape index (κ2) is 9.25. The molecule has 2 aromatic rings. The van der Waals surface area contributed by atoms with Crippen molar-refractivity contribution >= 4 is 17.5 Å². The van der Waals surface area contributed by atoms with Crippen LogP contribution in [0.5, 0.6) is 5.75 Å². The van der Waals surface area contributed by atoms with Crippen molar-refractivity contribution in [1.29, 1.82) is 0 Å². The molecule has 0 fully saturated rings. The number of alkyl halides is 3. The number of anilines is 1. The van der Waals surface area contributed by atoms with Gasteiger partial charge in [-0.15, -0.1) is 0 Å². The Morgan fingerprint density at radius 3 is 2.29 bits per heavy atom. The molecular formula is C20H21F3N2O3. The van der Waals surface area contributed by atoms with E-state index < -0.39 is 17.6 Å². The molecule has 0 aliphatic carbocycles. The molecule has 0 saturated heterocycles. The topological polar surface area (TPSA) is 58.6 Å². The van der Waals surface area contributed by atoms with E-state index in [0.29, 0.717) is 5.75 Å². The van der Waals surface area contributed by atoms with Crippen molar-refractivity contribution in [2.24, 2.45) is 0 Å². The van der Waals surface area contributed by atoms with Gasteiger partial charge in [-0.05, 0) is 29.8 Å². The molecule has 5 nitrogen and oxygen atoms in total. The lowest BCUT2D eigenvalue weighted by molar-refractivity contribution is -0.137. The van der Waals surface area contributed by atoms with Crippen molar-refractivity contribution in [3.8, 4) is 5.75 Å². The lowest BCUT2D eigenvalue weighted by Gasteiger charge is -2.24. The minimum atomic E-state index is -4.60. The fourth-order valence-corrected chi connectivity index (χ4v) is 2.64. The van der Waals surface area contributed by atoms with Crippen LogP contribution in [0.25, 0.3) is 0 Å². The highest BCUT2D eigenvalue weighted by molar-refractivity contribution is 5.93. The second-order valence-electron chi connectivity index (χ2n) is 6.06. The predicted molar refractivity (Wildman–Crippen MR) is 98.9 cm³/mol. The Bertz CT molecular complexity index is 820. The van der Waals surface area contributed by atoms with Gasteiger partial charge < -0.3 is 15.0 Å². The van der Waals surface area contributed by atoms with E-state index in [4.69, 9.17) is 4.74 Å². The minimum Gasteiger partial charge on any atom is -0.497 e. The number of halogens is 3. The van der Waals surface area contributed by atoms with E-state index >= 15 is 0 Å². The van der Waals surface area contributed by atoms with Crippen LogP contribution in [0.1, 0.15) is 24.5 Å². The van der Waals surface area contributed by atoms with Crippen LogP contribution in [0.15, 0.2) is 48.5 Å². The third-order valence-electron chi connectivity index (χ3n) is 4.09. The van der Waals surface area contributed by atoms with Gasteiger partial charge >= 0.3 is 6.18 Å². The molecule has 0 spiro atoms. The predicted octanol–water partition coefficient (Wildman–Crippen LogP) is 3.77.